The minimum atomic E-state index is 0.612. The zero-order valence-corrected chi connectivity index (χ0v) is 11.9. The molecule has 0 radical (unpaired) electrons. The quantitative estimate of drug-likeness (QED) is 0.773. The first-order chi connectivity index (χ1) is 9.31. The Kier molecular flexibility index (Phi) is 3.40. The van der Waals surface area contributed by atoms with E-state index in [9.17, 15) is 0 Å². The van der Waals surface area contributed by atoms with Gasteiger partial charge in [-0.05, 0) is 35.9 Å². The molecule has 0 aliphatic carbocycles. The second-order valence-electron chi connectivity index (χ2n) is 4.78. The maximum absolute atomic E-state index is 5.97. The van der Waals surface area contributed by atoms with Gasteiger partial charge in [0.2, 0.25) is 0 Å². The van der Waals surface area contributed by atoms with Crippen molar-refractivity contribution in [2.45, 2.75) is 19.4 Å². The van der Waals surface area contributed by atoms with Crippen LogP contribution in [0.1, 0.15) is 16.1 Å². The minimum Gasteiger partial charge on any atom is -0.347 e. The van der Waals surface area contributed by atoms with Crippen LogP contribution < -0.4 is 5.73 Å². The molecule has 98 valence electrons. The average Bonchev–Trinajstić information content (AvgIpc) is 3.04. The van der Waals surface area contributed by atoms with Crippen molar-refractivity contribution in [1.29, 1.82) is 0 Å². The predicted octanol–water partition coefficient (Wildman–Crippen LogP) is 3.48. The molecule has 0 aliphatic rings. The van der Waals surface area contributed by atoms with Crippen LogP contribution in [0.4, 0.5) is 0 Å². The number of fused-ring (bicyclic) bond motifs is 1. The molecule has 0 aliphatic heterocycles. The molecule has 0 amide bonds. The Bertz CT molecular complexity index is 680. The predicted molar refractivity (Wildman–Crippen MR) is 82.5 cm³/mol. The summed E-state index contributed by atoms with van der Waals surface area (Å²) in [4.78, 5) is 1.44. The Balaban J connectivity index is 2.00. The third-order valence-electron chi connectivity index (χ3n) is 3.74. The first-order valence-electron chi connectivity index (χ1n) is 6.59. The topological polar surface area (TPSA) is 30.9 Å². The van der Waals surface area contributed by atoms with Crippen LogP contribution in [0.5, 0.6) is 0 Å². The molecule has 0 saturated carbocycles. The van der Waals surface area contributed by atoms with Crippen LogP contribution in [0, 0.1) is 0 Å². The van der Waals surface area contributed by atoms with Gasteiger partial charge >= 0.3 is 0 Å². The lowest BCUT2D eigenvalue weighted by atomic mass is 10.1. The van der Waals surface area contributed by atoms with Crippen LogP contribution in [0.3, 0.4) is 0 Å². The third-order valence-corrected chi connectivity index (χ3v) is 4.67. The maximum atomic E-state index is 5.97. The van der Waals surface area contributed by atoms with E-state index < -0.39 is 0 Å². The highest BCUT2D eigenvalue weighted by Gasteiger charge is 2.13. The van der Waals surface area contributed by atoms with Gasteiger partial charge in [-0.15, -0.1) is 11.3 Å². The molecule has 0 unspecified atom stereocenters. The van der Waals surface area contributed by atoms with Crippen molar-refractivity contribution in [3.05, 3.63) is 57.9 Å². The SMILES string of the molecule is Cn1c(CCc2cccs2)c(CN)c2ccccc21. The number of nitrogens with zero attached hydrogens (tertiary/aromatic N) is 1. The van der Waals surface area contributed by atoms with Gasteiger partial charge in [-0.1, -0.05) is 24.3 Å². The summed E-state index contributed by atoms with van der Waals surface area (Å²) >= 11 is 1.83. The van der Waals surface area contributed by atoms with E-state index >= 15 is 0 Å². The summed E-state index contributed by atoms with van der Waals surface area (Å²) < 4.78 is 2.30. The van der Waals surface area contributed by atoms with Gasteiger partial charge in [0.05, 0.1) is 0 Å². The molecule has 3 heteroatoms. The number of hydrogen-bond acceptors (Lipinski definition) is 2. The minimum absolute atomic E-state index is 0.612. The fourth-order valence-corrected chi connectivity index (χ4v) is 3.48. The van der Waals surface area contributed by atoms with Crippen molar-refractivity contribution >= 4 is 22.2 Å². The Hall–Kier alpha value is -1.58. The second kappa shape index (κ2) is 5.19. The number of benzene rings is 1. The Morgan fingerprint density at radius 2 is 1.95 bits per heavy atom. The van der Waals surface area contributed by atoms with E-state index in [0.29, 0.717) is 6.54 Å². The molecule has 19 heavy (non-hydrogen) atoms. The Labute approximate surface area is 117 Å². The van der Waals surface area contributed by atoms with Crippen molar-refractivity contribution in [3.8, 4) is 0 Å². The lowest BCUT2D eigenvalue weighted by Crippen LogP contribution is -2.04. The van der Waals surface area contributed by atoms with Crippen molar-refractivity contribution in [3.63, 3.8) is 0 Å². The number of rotatable bonds is 4. The molecule has 2 N–H and O–H groups in total. The number of nitrogens with two attached hydrogens (primary N) is 1. The molecule has 0 atom stereocenters. The van der Waals surface area contributed by atoms with E-state index in [-0.39, 0.29) is 0 Å². The van der Waals surface area contributed by atoms with E-state index in [1.54, 1.807) is 0 Å². The zero-order chi connectivity index (χ0) is 13.2. The molecule has 2 heterocycles. The molecule has 0 bridgehead atoms. The molecular weight excluding hydrogens is 252 g/mol. The van der Waals surface area contributed by atoms with E-state index in [1.165, 1.54) is 27.0 Å². The van der Waals surface area contributed by atoms with E-state index in [4.69, 9.17) is 5.73 Å². The molecule has 3 aromatic rings. The van der Waals surface area contributed by atoms with Gasteiger partial charge in [0.25, 0.3) is 0 Å². The lowest BCUT2D eigenvalue weighted by molar-refractivity contribution is 0.806. The average molecular weight is 270 g/mol. The highest BCUT2D eigenvalue weighted by molar-refractivity contribution is 7.09. The van der Waals surface area contributed by atoms with E-state index in [2.05, 4.69) is 53.4 Å². The van der Waals surface area contributed by atoms with Crippen molar-refractivity contribution in [2.24, 2.45) is 12.8 Å². The number of para-hydroxylation sites is 1. The number of hydrogen-bond donors (Lipinski definition) is 1. The largest absolute Gasteiger partial charge is 0.347 e. The number of aryl methyl sites for hydroxylation is 2. The molecule has 2 aromatic heterocycles. The summed E-state index contributed by atoms with van der Waals surface area (Å²) in [6, 6.07) is 12.8. The molecule has 1 aromatic carbocycles. The Morgan fingerprint density at radius 3 is 2.68 bits per heavy atom. The summed E-state index contributed by atoms with van der Waals surface area (Å²) in [5.74, 6) is 0. The fraction of sp³-hybridized carbons (Fsp3) is 0.250. The van der Waals surface area contributed by atoms with Gasteiger partial charge in [0, 0.05) is 35.1 Å². The highest BCUT2D eigenvalue weighted by atomic mass is 32.1. The monoisotopic (exact) mass is 270 g/mol. The molecule has 0 fully saturated rings. The van der Waals surface area contributed by atoms with Crippen LogP contribution in [0.2, 0.25) is 0 Å². The van der Waals surface area contributed by atoms with Crippen LogP contribution in [-0.4, -0.2) is 4.57 Å². The van der Waals surface area contributed by atoms with Gasteiger partial charge in [0.1, 0.15) is 0 Å². The lowest BCUT2D eigenvalue weighted by Gasteiger charge is -2.06. The Morgan fingerprint density at radius 1 is 1.11 bits per heavy atom. The van der Waals surface area contributed by atoms with E-state index in [0.717, 1.165) is 12.8 Å². The number of aromatic nitrogens is 1. The summed E-state index contributed by atoms with van der Waals surface area (Å²) in [6.07, 6.45) is 2.15. The molecule has 0 saturated heterocycles. The third kappa shape index (κ3) is 2.20. The summed E-state index contributed by atoms with van der Waals surface area (Å²) in [7, 11) is 2.14. The van der Waals surface area contributed by atoms with Crippen LogP contribution in [0.25, 0.3) is 10.9 Å². The standard InChI is InChI=1S/C16H18N2S/c1-18-15-7-3-2-6-13(15)14(11-17)16(18)9-8-12-5-4-10-19-12/h2-7,10H,8-9,11,17H2,1H3. The fourth-order valence-electron chi connectivity index (χ4n) is 2.77. The first kappa shape index (κ1) is 12.5. The van der Waals surface area contributed by atoms with Gasteiger partial charge in [-0.2, -0.15) is 0 Å². The van der Waals surface area contributed by atoms with Gasteiger partial charge in [-0.3, -0.25) is 0 Å². The summed E-state index contributed by atoms with van der Waals surface area (Å²) in [5.41, 5.74) is 9.92. The molecule has 2 nitrogen and oxygen atoms in total. The van der Waals surface area contributed by atoms with Crippen LogP contribution in [-0.2, 0) is 26.4 Å². The normalized spacial score (nSPS) is 11.3. The van der Waals surface area contributed by atoms with Crippen LogP contribution in [0.15, 0.2) is 41.8 Å². The molecule has 3 rings (SSSR count). The summed E-state index contributed by atoms with van der Waals surface area (Å²) in [5, 5.41) is 3.44. The van der Waals surface area contributed by atoms with E-state index in [1.807, 2.05) is 11.3 Å². The number of thiophene rings is 1. The maximum Gasteiger partial charge on any atom is 0.0483 e. The smallest absolute Gasteiger partial charge is 0.0483 e. The molecular formula is C16H18N2S. The molecule has 0 spiro atoms. The second-order valence-corrected chi connectivity index (χ2v) is 5.82. The highest BCUT2D eigenvalue weighted by Crippen LogP contribution is 2.26. The van der Waals surface area contributed by atoms with Crippen molar-refractivity contribution in [1.82, 2.24) is 4.57 Å². The summed E-state index contributed by atoms with van der Waals surface area (Å²) in [6.45, 7) is 0.612. The van der Waals surface area contributed by atoms with Gasteiger partial charge in [-0.25, -0.2) is 0 Å². The van der Waals surface area contributed by atoms with Crippen molar-refractivity contribution in [2.75, 3.05) is 0 Å². The van der Waals surface area contributed by atoms with Gasteiger partial charge < -0.3 is 10.3 Å². The van der Waals surface area contributed by atoms with Crippen LogP contribution >= 0.6 is 11.3 Å². The first-order valence-corrected chi connectivity index (χ1v) is 7.47. The zero-order valence-electron chi connectivity index (χ0n) is 11.1. The van der Waals surface area contributed by atoms with Crippen molar-refractivity contribution < 1.29 is 0 Å². The van der Waals surface area contributed by atoms with Gasteiger partial charge in [0.15, 0.2) is 0 Å².